The highest BCUT2D eigenvalue weighted by atomic mass is 16.2. The summed E-state index contributed by atoms with van der Waals surface area (Å²) in [4.78, 5) is 18.3. The van der Waals surface area contributed by atoms with Crippen molar-refractivity contribution in [1.29, 1.82) is 0 Å². The number of likely N-dealkylation sites (tertiary alicyclic amines) is 1. The van der Waals surface area contributed by atoms with Gasteiger partial charge in [-0.05, 0) is 25.7 Å². The van der Waals surface area contributed by atoms with Crippen LogP contribution in [0.25, 0.3) is 0 Å². The highest BCUT2D eigenvalue weighted by molar-refractivity contribution is 5.79. The Bertz CT molecular complexity index is 432. The highest BCUT2D eigenvalue weighted by Gasteiger charge is 2.29. The van der Waals surface area contributed by atoms with E-state index in [1.54, 1.807) is 12.7 Å². The van der Waals surface area contributed by atoms with E-state index in [1.165, 1.54) is 0 Å². The summed E-state index contributed by atoms with van der Waals surface area (Å²) in [5.41, 5.74) is 0. The Morgan fingerprint density at radius 1 is 1.28 bits per heavy atom. The fraction of sp³-hybridized carbons (Fsp3) is 0.615. The lowest BCUT2D eigenvalue weighted by Crippen LogP contribution is -2.43. The largest absolute Gasteiger partial charge is 0.340 e. The molecule has 1 aliphatic carbocycles. The van der Waals surface area contributed by atoms with Crippen molar-refractivity contribution in [2.45, 2.75) is 31.7 Å². The smallest absolute Gasteiger partial charge is 0.226 e. The van der Waals surface area contributed by atoms with Crippen LogP contribution in [-0.2, 0) is 4.79 Å². The van der Waals surface area contributed by atoms with Crippen molar-refractivity contribution in [3.8, 4) is 0 Å². The Hall–Kier alpha value is -1.65. The first-order valence-corrected chi connectivity index (χ1v) is 6.62. The number of rotatable bonds is 2. The zero-order valence-electron chi connectivity index (χ0n) is 10.4. The predicted molar refractivity (Wildman–Crippen MR) is 66.7 cm³/mol. The molecule has 1 aromatic heterocycles. The number of piperidine rings is 1. The van der Waals surface area contributed by atoms with E-state index in [0.29, 0.717) is 11.9 Å². The zero-order chi connectivity index (χ0) is 12.4. The molecule has 1 fully saturated rings. The Morgan fingerprint density at radius 2 is 2.11 bits per heavy atom. The summed E-state index contributed by atoms with van der Waals surface area (Å²) in [7, 11) is 0. The van der Waals surface area contributed by atoms with E-state index < -0.39 is 0 Å². The van der Waals surface area contributed by atoms with Crippen molar-refractivity contribution < 1.29 is 4.79 Å². The summed E-state index contributed by atoms with van der Waals surface area (Å²) in [6.45, 7) is 1.67. The van der Waals surface area contributed by atoms with Gasteiger partial charge >= 0.3 is 0 Å². The van der Waals surface area contributed by atoms with E-state index >= 15 is 0 Å². The molecule has 2 heterocycles. The van der Waals surface area contributed by atoms with Gasteiger partial charge in [-0.2, -0.15) is 5.10 Å². The Labute approximate surface area is 106 Å². The molecule has 0 saturated carbocycles. The summed E-state index contributed by atoms with van der Waals surface area (Å²) in [5.74, 6) is 0.490. The topological polar surface area (TPSA) is 51.0 Å². The molecule has 1 aromatic rings. The molecule has 1 unspecified atom stereocenters. The van der Waals surface area contributed by atoms with Gasteiger partial charge in [-0.15, -0.1) is 0 Å². The van der Waals surface area contributed by atoms with Gasteiger partial charge in [0.05, 0.1) is 6.04 Å². The number of allylic oxidation sites excluding steroid dienone is 2. The standard InChI is InChI=1S/C13H18N4O/c18-13(11-4-1-2-5-11)16-7-3-6-12(8-16)17-10-14-9-15-17/h1-2,9-12H,3-8H2. The van der Waals surface area contributed by atoms with Crippen molar-refractivity contribution >= 4 is 5.91 Å². The fourth-order valence-corrected chi connectivity index (χ4v) is 2.85. The van der Waals surface area contributed by atoms with Gasteiger partial charge in [0.1, 0.15) is 12.7 Å². The Morgan fingerprint density at radius 3 is 2.83 bits per heavy atom. The van der Waals surface area contributed by atoms with Crippen LogP contribution in [0, 0.1) is 5.92 Å². The average molecular weight is 246 g/mol. The van der Waals surface area contributed by atoms with E-state index in [1.807, 2.05) is 9.58 Å². The van der Waals surface area contributed by atoms with Crippen molar-refractivity contribution in [2.24, 2.45) is 5.92 Å². The minimum atomic E-state index is 0.180. The summed E-state index contributed by atoms with van der Waals surface area (Å²) < 4.78 is 1.88. The first-order chi connectivity index (χ1) is 8.84. The summed E-state index contributed by atoms with van der Waals surface area (Å²) in [6, 6.07) is 0.291. The van der Waals surface area contributed by atoms with E-state index in [4.69, 9.17) is 0 Å². The van der Waals surface area contributed by atoms with Crippen LogP contribution in [0.3, 0.4) is 0 Å². The first-order valence-electron chi connectivity index (χ1n) is 6.62. The van der Waals surface area contributed by atoms with Gasteiger partial charge in [-0.1, -0.05) is 12.2 Å². The lowest BCUT2D eigenvalue weighted by atomic mass is 10.0. The number of carbonyl (C=O) groups excluding carboxylic acids is 1. The van der Waals surface area contributed by atoms with Gasteiger partial charge in [0.15, 0.2) is 0 Å². The monoisotopic (exact) mass is 246 g/mol. The molecule has 0 aromatic carbocycles. The SMILES string of the molecule is O=C(C1CC=CC1)N1CCCC(n2cncn2)C1. The molecule has 2 aliphatic rings. The van der Waals surface area contributed by atoms with Crippen LogP contribution in [0.1, 0.15) is 31.7 Å². The number of hydrogen-bond acceptors (Lipinski definition) is 3. The molecular formula is C13H18N4O. The first kappa shape index (κ1) is 11.4. The summed E-state index contributed by atoms with van der Waals surface area (Å²) in [6.07, 6.45) is 11.5. The number of hydrogen-bond donors (Lipinski definition) is 0. The lowest BCUT2D eigenvalue weighted by molar-refractivity contribution is -0.136. The van der Waals surface area contributed by atoms with Gasteiger partial charge in [-0.3, -0.25) is 4.79 Å². The molecule has 1 aliphatic heterocycles. The van der Waals surface area contributed by atoms with E-state index in [2.05, 4.69) is 22.2 Å². The van der Waals surface area contributed by atoms with Gasteiger partial charge in [0, 0.05) is 19.0 Å². The molecule has 0 N–H and O–H groups in total. The van der Waals surface area contributed by atoms with Gasteiger partial charge < -0.3 is 4.90 Å². The molecule has 5 nitrogen and oxygen atoms in total. The second-order valence-corrected chi connectivity index (χ2v) is 5.10. The Balaban J connectivity index is 1.65. The average Bonchev–Trinajstić information content (AvgIpc) is 3.11. The second-order valence-electron chi connectivity index (χ2n) is 5.10. The predicted octanol–water partition coefficient (Wildman–Crippen LogP) is 1.41. The summed E-state index contributed by atoms with van der Waals surface area (Å²) in [5, 5.41) is 4.19. The molecule has 96 valence electrons. The van der Waals surface area contributed by atoms with Crippen molar-refractivity contribution in [2.75, 3.05) is 13.1 Å². The van der Waals surface area contributed by atoms with E-state index in [9.17, 15) is 4.79 Å². The van der Waals surface area contributed by atoms with E-state index in [0.717, 1.165) is 38.8 Å². The van der Waals surface area contributed by atoms with Gasteiger partial charge in [0.2, 0.25) is 5.91 Å². The highest BCUT2D eigenvalue weighted by Crippen LogP contribution is 2.25. The molecule has 0 radical (unpaired) electrons. The van der Waals surface area contributed by atoms with Crippen LogP contribution in [0.5, 0.6) is 0 Å². The number of carbonyl (C=O) groups is 1. The number of aromatic nitrogens is 3. The minimum Gasteiger partial charge on any atom is -0.340 e. The lowest BCUT2D eigenvalue weighted by Gasteiger charge is -2.34. The molecule has 3 rings (SSSR count). The van der Waals surface area contributed by atoms with Crippen molar-refractivity contribution in [3.05, 3.63) is 24.8 Å². The molecule has 1 saturated heterocycles. The van der Waals surface area contributed by atoms with Crippen LogP contribution < -0.4 is 0 Å². The molecule has 0 spiro atoms. The van der Waals surface area contributed by atoms with Crippen LogP contribution in [0.4, 0.5) is 0 Å². The summed E-state index contributed by atoms with van der Waals surface area (Å²) >= 11 is 0. The number of nitrogens with zero attached hydrogens (tertiary/aromatic N) is 4. The van der Waals surface area contributed by atoms with Gasteiger partial charge in [0.25, 0.3) is 0 Å². The normalized spacial score (nSPS) is 24.7. The third-order valence-corrected chi connectivity index (χ3v) is 3.88. The Kier molecular flexibility index (Phi) is 3.13. The maximum absolute atomic E-state index is 12.4. The molecule has 0 bridgehead atoms. The second kappa shape index (κ2) is 4.92. The maximum Gasteiger partial charge on any atom is 0.226 e. The minimum absolute atomic E-state index is 0.180. The third-order valence-electron chi connectivity index (χ3n) is 3.88. The molecule has 1 atom stereocenters. The van der Waals surface area contributed by atoms with Crippen molar-refractivity contribution in [3.63, 3.8) is 0 Å². The van der Waals surface area contributed by atoms with E-state index in [-0.39, 0.29) is 5.92 Å². The van der Waals surface area contributed by atoms with Crippen LogP contribution in [0.2, 0.25) is 0 Å². The van der Waals surface area contributed by atoms with Crippen molar-refractivity contribution in [1.82, 2.24) is 19.7 Å². The quantitative estimate of drug-likeness (QED) is 0.741. The number of amides is 1. The fourth-order valence-electron chi connectivity index (χ4n) is 2.85. The van der Waals surface area contributed by atoms with Crippen LogP contribution in [-0.4, -0.2) is 38.7 Å². The third kappa shape index (κ3) is 2.17. The maximum atomic E-state index is 12.4. The molecule has 1 amide bonds. The molecule has 5 heteroatoms. The molecule has 18 heavy (non-hydrogen) atoms. The van der Waals surface area contributed by atoms with Gasteiger partial charge in [-0.25, -0.2) is 9.67 Å². The molecular weight excluding hydrogens is 228 g/mol. The van der Waals surface area contributed by atoms with Crippen LogP contribution >= 0.6 is 0 Å². The zero-order valence-corrected chi connectivity index (χ0v) is 10.4. The van der Waals surface area contributed by atoms with Crippen LogP contribution in [0.15, 0.2) is 24.8 Å².